The number of methoxy groups -OCH3 is 2. The number of allylic oxidation sites excluding steroid dienone is 1. The highest BCUT2D eigenvalue weighted by atomic mass is 16.6. The number of hydrogen-bond donors (Lipinski definition) is 0. The summed E-state index contributed by atoms with van der Waals surface area (Å²) >= 11 is 0. The lowest BCUT2D eigenvalue weighted by atomic mass is 9.66. The Balaban J connectivity index is 1.56. The molecule has 45 heavy (non-hydrogen) atoms. The zero-order valence-corrected chi connectivity index (χ0v) is 26.1. The molecule has 3 aromatic rings. The quantitative estimate of drug-likeness (QED) is 0.193. The van der Waals surface area contributed by atoms with Crippen LogP contribution >= 0.6 is 0 Å². The maximum absolute atomic E-state index is 14.1. The third-order valence-corrected chi connectivity index (χ3v) is 8.15. The number of nitrogens with zero attached hydrogens (tertiary/aromatic N) is 1. The minimum atomic E-state index is -0.682. The molecule has 234 valence electrons. The molecular formula is C36H37NO8. The Hall–Kier alpha value is -4.92. The van der Waals surface area contributed by atoms with Crippen LogP contribution in [0.1, 0.15) is 62.1 Å². The number of rotatable bonds is 10. The smallest absolute Gasteiger partial charge is 0.336 e. The zero-order valence-electron chi connectivity index (χ0n) is 26.1. The van der Waals surface area contributed by atoms with E-state index in [-0.39, 0.29) is 30.5 Å². The van der Waals surface area contributed by atoms with E-state index in [0.29, 0.717) is 52.8 Å². The van der Waals surface area contributed by atoms with Gasteiger partial charge in [0.15, 0.2) is 23.0 Å². The monoisotopic (exact) mass is 611 g/mol. The first-order valence-corrected chi connectivity index (χ1v) is 14.9. The van der Waals surface area contributed by atoms with Gasteiger partial charge in [-0.15, -0.1) is 0 Å². The molecule has 3 aromatic carbocycles. The van der Waals surface area contributed by atoms with E-state index in [1.807, 2.05) is 55.5 Å². The summed E-state index contributed by atoms with van der Waals surface area (Å²) in [5.41, 5.74) is 3.97. The number of hydrogen-bond acceptors (Lipinski definition) is 9. The normalized spacial score (nSPS) is 19.3. The van der Waals surface area contributed by atoms with E-state index in [1.54, 1.807) is 39.3 Å². The fourth-order valence-corrected chi connectivity index (χ4v) is 6.17. The molecule has 1 unspecified atom stereocenters. The van der Waals surface area contributed by atoms with Crippen LogP contribution in [-0.2, 0) is 25.7 Å². The minimum absolute atomic E-state index is 0.0346. The van der Waals surface area contributed by atoms with Gasteiger partial charge in [0.05, 0.1) is 32.3 Å². The third kappa shape index (κ3) is 6.77. The Labute approximate surface area is 262 Å². The van der Waals surface area contributed by atoms with Crippen LogP contribution in [0.4, 0.5) is 0 Å². The lowest BCUT2D eigenvalue weighted by Crippen LogP contribution is -2.41. The van der Waals surface area contributed by atoms with Crippen molar-refractivity contribution >= 4 is 23.4 Å². The summed E-state index contributed by atoms with van der Waals surface area (Å²) in [4.78, 5) is 44.6. The fourth-order valence-electron chi connectivity index (χ4n) is 6.17. The summed E-state index contributed by atoms with van der Waals surface area (Å²) in [5, 5.41) is 0. The van der Waals surface area contributed by atoms with Gasteiger partial charge in [-0.1, -0.05) is 42.5 Å². The molecule has 0 N–H and O–H groups in total. The van der Waals surface area contributed by atoms with Gasteiger partial charge in [0.1, 0.15) is 12.4 Å². The Morgan fingerprint density at radius 3 is 2.22 bits per heavy atom. The van der Waals surface area contributed by atoms with Gasteiger partial charge >= 0.3 is 11.9 Å². The highest BCUT2D eigenvalue weighted by Crippen LogP contribution is 2.48. The second kappa shape index (κ2) is 13.8. The molecule has 0 spiro atoms. The predicted octanol–water partition coefficient (Wildman–Crippen LogP) is 6.35. The molecule has 2 aliphatic rings. The molecule has 1 aliphatic carbocycles. The Bertz CT molecular complexity index is 1660. The van der Waals surface area contributed by atoms with E-state index in [9.17, 15) is 14.4 Å². The highest BCUT2D eigenvalue weighted by Gasteiger charge is 2.46. The molecule has 1 aliphatic heterocycles. The Kier molecular flexibility index (Phi) is 9.66. The number of Topliss-reactive ketones (excluding diaryl/α,β-unsaturated/α-hetero) is 1. The van der Waals surface area contributed by atoms with Crippen LogP contribution < -0.4 is 18.9 Å². The first kappa shape index (κ1) is 31.5. The summed E-state index contributed by atoms with van der Waals surface area (Å²) in [6, 6.07) is 20.2. The lowest BCUT2D eigenvalue weighted by molar-refractivity contribution is -0.141. The predicted molar refractivity (Wildman–Crippen MR) is 168 cm³/mol. The molecule has 0 amide bonds. The molecule has 9 heteroatoms. The van der Waals surface area contributed by atoms with Crippen molar-refractivity contribution in [1.82, 2.24) is 0 Å². The third-order valence-electron chi connectivity index (χ3n) is 8.15. The van der Waals surface area contributed by atoms with E-state index in [1.165, 1.54) is 6.92 Å². The summed E-state index contributed by atoms with van der Waals surface area (Å²) in [7, 11) is 3.16. The molecule has 1 saturated carbocycles. The summed E-state index contributed by atoms with van der Waals surface area (Å²) < 4.78 is 27.9. The average Bonchev–Trinajstić information content (AvgIpc) is 3.03. The van der Waals surface area contributed by atoms with E-state index >= 15 is 0 Å². The van der Waals surface area contributed by atoms with Crippen molar-refractivity contribution in [2.45, 2.75) is 52.1 Å². The number of fused-ring (bicyclic) bond motifs is 1. The van der Waals surface area contributed by atoms with Gasteiger partial charge in [-0.2, -0.15) is 0 Å². The van der Waals surface area contributed by atoms with E-state index in [2.05, 4.69) is 0 Å². The number of carbonyl (C=O) groups excluding carboxylic acids is 3. The van der Waals surface area contributed by atoms with Gasteiger partial charge < -0.3 is 23.7 Å². The molecule has 5 rings (SSSR count). The molecule has 0 radical (unpaired) electrons. The van der Waals surface area contributed by atoms with E-state index in [4.69, 9.17) is 28.7 Å². The van der Waals surface area contributed by atoms with Gasteiger partial charge in [0.2, 0.25) is 0 Å². The highest BCUT2D eigenvalue weighted by molar-refractivity contribution is 6.12. The van der Waals surface area contributed by atoms with Crippen LogP contribution in [0.15, 0.2) is 83.0 Å². The summed E-state index contributed by atoms with van der Waals surface area (Å²) in [6.07, 6.45) is 0.779. The SMILES string of the molecule is CCOc1cc([C@@H]2C(C(=O)OCc3ccccc3)=C(C)N=C3C[C@H](c4ccc(OC)c(OC)c4)CC(=O)C32)ccc1OC(C)=O. The number of ether oxygens (including phenoxy) is 5. The number of ketones is 1. The van der Waals surface area contributed by atoms with Gasteiger partial charge in [-0.05, 0) is 67.1 Å². The van der Waals surface area contributed by atoms with Crippen LogP contribution in [0.25, 0.3) is 0 Å². The summed E-state index contributed by atoms with van der Waals surface area (Å²) in [5.74, 6) is -0.749. The first-order chi connectivity index (χ1) is 21.7. The van der Waals surface area contributed by atoms with Gasteiger partial charge in [-0.25, -0.2) is 4.79 Å². The van der Waals surface area contributed by atoms with Crippen LogP contribution in [0.3, 0.4) is 0 Å². The van der Waals surface area contributed by atoms with Crippen molar-refractivity contribution in [3.8, 4) is 23.0 Å². The van der Waals surface area contributed by atoms with Crippen molar-refractivity contribution in [1.29, 1.82) is 0 Å². The van der Waals surface area contributed by atoms with Gasteiger partial charge in [0.25, 0.3) is 0 Å². The van der Waals surface area contributed by atoms with Crippen molar-refractivity contribution in [2.75, 3.05) is 20.8 Å². The Morgan fingerprint density at radius 2 is 1.53 bits per heavy atom. The summed E-state index contributed by atoms with van der Waals surface area (Å²) in [6.45, 7) is 5.32. The van der Waals surface area contributed by atoms with Crippen LogP contribution in [0.5, 0.6) is 23.0 Å². The van der Waals surface area contributed by atoms with Crippen molar-refractivity contribution in [2.24, 2.45) is 10.9 Å². The molecule has 0 saturated heterocycles. The number of carbonyl (C=O) groups is 3. The van der Waals surface area contributed by atoms with Gasteiger partial charge in [-0.3, -0.25) is 14.6 Å². The topological polar surface area (TPSA) is 110 Å². The standard InChI is InChI=1S/C36H37NO8/c1-6-43-32-19-25(13-15-30(32)45-22(3)38)34-33(36(40)44-20-23-10-8-7-9-11-23)21(2)37-27-16-26(17-28(39)35(27)34)24-12-14-29(41-4)31(18-24)42-5/h7-15,18-19,26,34-35H,6,16-17,20H2,1-5H3/t26-,34+,35?/m0/s1. The van der Waals surface area contributed by atoms with E-state index < -0.39 is 23.8 Å². The molecule has 0 bridgehead atoms. The number of benzene rings is 3. The van der Waals surface area contributed by atoms with E-state index in [0.717, 1.165) is 11.1 Å². The average molecular weight is 612 g/mol. The van der Waals surface area contributed by atoms with Crippen molar-refractivity contribution in [3.63, 3.8) is 0 Å². The van der Waals surface area contributed by atoms with Crippen LogP contribution in [-0.4, -0.2) is 44.3 Å². The molecule has 9 nitrogen and oxygen atoms in total. The Morgan fingerprint density at radius 1 is 0.844 bits per heavy atom. The fraction of sp³-hybridized carbons (Fsp3) is 0.333. The zero-order chi connectivity index (χ0) is 32.1. The molecular weight excluding hydrogens is 574 g/mol. The second-order valence-corrected chi connectivity index (χ2v) is 11.0. The first-order valence-electron chi connectivity index (χ1n) is 14.9. The largest absolute Gasteiger partial charge is 0.493 e. The maximum Gasteiger partial charge on any atom is 0.336 e. The minimum Gasteiger partial charge on any atom is -0.493 e. The number of esters is 2. The van der Waals surface area contributed by atoms with Gasteiger partial charge in [0, 0.05) is 30.7 Å². The van der Waals surface area contributed by atoms with Crippen molar-refractivity contribution < 1.29 is 38.1 Å². The lowest BCUT2D eigenvalue weighted by Gasteiger charge is -2.38. The second-order valence-electron chi connectivity index (χ2n) is 11.0. The van der Waals surface area contributed by atoms with Crippen LogP contribution in [0, 0.1) is 5.92 Å². The molecule has 1 heterocycles. The number of aliphatic imine (C=N–C) groups is 1. The van der Waals surface area contributed by atoms with Crippen LogP contribution in [0.2, 0.25) is 0 Å². The molecule has 1 fully saturated rings. The molecule has 3 atom stereocenters. The maximum atomic E-state index is 14.1. The van der Waals surface area contributed by atoms with Crippen molar-refractivity contribution in [3.05, 3.63) is 94.7 Å². The molecule has 0 aromatic heterocycles.